The molecule has 0 spiro atoms. The van der Waals surface area contributed by atoms with E-state index in [-0.39, 0.29) is 0 Å². The molecular weight excluding hydrogens is 218 g/mol. The molecule has 0 heterocycles. The topological polar surface area (TPSA) is 26.0 Å². The Labute approximate surface area is 115 Å². The van der Waals surface area contributed by atoms with Gasteiger partial charge in [-0.3, -0.25) is 0 Å². The summed E-state index contributed by atoms with van der Waals surface area (Å²) >= 11 is 0. The number of nitrogens with two attached hydrogens (primary N) is 1. The molecule has 2 aliphatic rings. The molecule has 1 atom stereocenters. The van der Waals surface area contributed by atoms with Crippen molar-refractivity contribution in [1.82, 2.24) is 0 Å². The first-order valence-corrected chi connectivity index (χ1v) is 8.48. The van der Waals surface area contributed by atoms with Crippen molar-refractivity contribution < 1.29 is 0 Å². The number of hydrogen-bond acceptors (Lipinski definition) is 1. The molecule has 1 nitrogen and oxygen atoms in total. The van der Waals surface area contributed by atoms with Crippen molar-refractivity contribution in [3.8, 4) is 0 Å². The highest BCUT2D eigenvalue weighted by molar-refractivity contribution is 4.73. The highest BCUT2D eigenvalue weighted by atomic mass is 14.6. The van der Waals surface area contributed by atoms with Crippen molar-refractivity contribution in [2.45, 2.75) is 96.9 Å². The first-order chi connectivity index (χ1) is 8.72. The normalized spacial score (nSPS) is 24.2. The van der Waals surface area contributed by atoms with Gasteiger partial charge in [0.15, 0.2) is 0 Å². The van der Waals surface area contributed by atoms with Crippen LogP contribution in [0.4, 0.5) is 0 Å². The Kier molecular flexibility index (Phi) is 8.75. The Bertz CT molecular complexity index is 160. The number of rotatable bonds is 3. The van der Waals surface area contributed by atoms with Crippen LogP contribution in [0.2, 0.25) is 0 Å². The summed E-state index contributed by atoms with van der Waals surface area (Å²) in [5, 5.41) is 0. The standard InChI is InChI=1S/C13H24.C4H11N/c1-3-7-12(8-4-1)11-13-9-5-2-6-10-13;1-3-4(2)5/h12-13H,1-11H2;4H,3,5H2,1-2H3. The predicted octanol–water partition coefficient (Wildman–Crippen LogP) is 5.28. The minimum Gasteiger partial charge on any atom is -0.328 e. The molecule has 0 radical (unpaired) electrons. The van der Waals surface area contributed by atoms with Crippen LogP contribution >= 0.6 is 0 Å². The van der Waals surface area contributed by atoms with Crippen molar-refractivity contribution in [2.24, 2.45) is 17.6 Å². The van der Waals surface area contributed by atoms with Gasteiger partial charge in [0.2, 0.25) is 0 Å². The second-order valence-corrected chi connectivity index (χ2v) is 6.63. The molecule has 2 N–H and O–H groups in total. The average Bonchev–Trinajstić information content (AvgIpc) is 2.42. The van der Waals surface area contributed by atoms with E-state index in [9.17, 15) is 0 Å². The Morgan fingerprint density at radius 3 is 1.44 bits per heavy atom. The van der Waals surface area contributed by atoms with Gasteiger partial charge in [-0.2, -0.15) is 0 Å². The maximum Gasteiger partial charge on any atom is 0.000781 e. The highest BCUT2D eigenvalue weighted by Crippen LogP contribution is 2.34. The van der Waals surface area contributed by atoms with Gasteiger partial charge in [0.1, 0.15) is 0 Å². The van der Waals surface area contributed by atoms with E-state index in [1.54, 1.807) is 32.1 Å². The molecule has 0 aliphatic heterocycles. The van der Waals surface area contributed by atoms with Crippen molar-refractivity contribution in [3.05, 3.63) is 0 Å². The smallest absolute Gasteiger partial charge is 0.000781 e. The van der Waals surface area contributed by atoms with Gasteiger partial charge >= 0.3 is 0 Å². The van der Waals surface area contributed by atoms with Gasteiger partial charge in [0.05, 0.1) is 0 Å². The lowest BCUT2D eigenvalue weighted by Crippen LogP contribution is -2.14. The lowest BCUT2D eigenvalue weighted by Gasteiger charge is -2.28. The van der Waals surface area contributed by atoms with E-state index in [4.69, 9.17) is 5.73 Å². The SMILES string of the molecule is C1CCC(CC2CCCCC2)CC1.CCC(C)N. The average molecular weight is 253 g/mol. The zero-order valence-corrected chi connectivity index (χ0v) is 12.8. The summed E-state index contributed by atoms with van der Waals surface area (Å²) in [6.07, 6.45) is 18.0. The van der Waals surface area contributed by atoms with Crippen LogP contribution in [0.15, 0.2) is 0 Å². The van der Waals surface area contributed by atoms with Crippen LogP contribution < -0.4 is 5.73 Å². The van der Waals surface area contributed by atoms with E-state index in [2.05, 4.69) is 6.92 Å². The largest absolute Gasteiger partial charge is 0.328 e. The summed E-state index contributed by atoms with van der Waals surface area (Å²) in [5.41, 5.74) is 5.29. The Hall–Kier alpha value is -0.0400. The molecule has 2 aliphatic carbocycles. The Morgan fingerprint density at radius 2 is 1.17 bits per heavy atom. The Morgan fingerprint density at radius 1 is 0.833 bits per heavy atom. The van der Waals surface area contributed by atoms with Gasteiger partial charge in [0, 0.05) is 6.04 Å². The van der Waals surface area contributed by atoms with Gasteiger partial charge in [-0.15, -0.1) is 0 Å². The monoisotopic (exact) mass is 253 g/mol. The van der Waals surface area contributed by atoms with Crippen LogP contribution in [0.3, 0.4) is 0 Å². The lowest BCUT2D eigenvalue weighted by molar-refractivity contribution is 0.244. The fraction of sp³-hybridized carbons (Fsp3) is 1.00. The molecule has 0 aromatic heterocycles. The zero-order valence-electron chi connectivity index (χ0n) is 12.8. The molecule has 0 saturated heterocycles. The third kappa shape index (κ3) is 7.41. The van der Waals surface area contributed by atoms with Gasteiger partial charge < -0.3 is 5.73 Å². The minimum absolute atomic E-state index is 0.384. The molecular formula is C17H35N. The summed E-state index contributed by atoms with van der Waals surface area (Å²) in [5.74, 6) is 2.24. The molecule has 0 amide bonds. The molecule has 2 rings (SSSR count). The van der Waals surface area contributed by atoms with E-state index < -0.39 is 0 Å². The van der Waals surface area contributed by atoms with Crippen LogP contribution in [0.1, 0.15) is 90.9 Å². The van der Waals surface area contributed by atoms with Crippen LogP contribution in [-0.4, -0.2) is 6.04 Å². The summed E-state index contributed by atoms with van der Waals surface area (Å²) < 4.78 is 0. The summed E-state index contributed by atoms with van der Waals surface area (Å²) in [4.78, 5) is 0. The zero-order chi connectivity index (χ0) is 13.2. The molecule has 2 saturated carbocycles. The number of hydrogen-bond donors (Lipinski definition) is 1. The van der Waals surface area contributed by atoms with E-state index in [1.165, 1.54) is 38.5 Å². The van der Waals surface area contributed by atoms with Gasteiger partial charge in [-0.25, -0.2) is 0 Å². The first kappa shape index (κ1) is 16.0. The molecule has 108 valence electrons. The van der Waals surface area contributed by atoms with Crippen molar-refractivity contribution >= 4 is 0 Å². The second kappa shape index (κ2) is 9.83. The molecule has 1 unspecified atom stereocenters. The van der Waals surface area contributed by atoms with E-state index in [0.29, 0.717) is 6.04 Å². The van der Waals surface area contributed by atoms with Gasteiger partial charge in [0.25, 0.3) is 0 Å². The van der Waals surface area contributed by atoms with Gasteiger partial charge in [-0.1, -0.05) is 71.1 Å². The minimum atomic E-state index is 0.384. The van der Waals surface area contributed by atoms with Crippen molar-refractivity contribution in [2.75, 3.05) is 0 Å². The van der Waals surface area contributed by atoms with E-state index in [1.807, 2.05) is 6.92 Å². The third-order valence-corrected chi connectivity index (χ3v) is 4.76. The van der Waals surface area contributed by atoms with Crippen LogP contribution in [-0.2, 0) is 0 Å². The van der Waals surface area contributed by atoms with E-state index >= 15 is 0 Å². The molecule has 18 heavy (non-hydrogen) atoms. The summed E-state index contributed by atoms with van der Waals surface area (Å²) in [6.45, 7) is 4.07. The van der Waals surface area contributed by atoms with Crippen molar-refractivity contribution in [3.63, 3.8) is 0 Å². The quantitative estimate of drug-likeness (QED) is 0.727. The fourth-order valence-corrected chi connectivity index (χ4v) is 3.32. The maximum absolute atomic E-state index is 5.29. The first-order valence-electron chi connectivity index (χ1n) is 8.48. The fourth-order valence-electron chi connectivity index (χ4n) is 3.32. The highest BCUT2D eigenvalue weighted by Gasteiger charge is 2.20. The van der Waals surface area contributed by atoms with Crippen molar-refractivity contribution in [1.29, 1.82) is 0 Å². The van der Waals surface area contributed by atoms with Crippen LogP contribution in [0.25, 0.3) is 0 Å². The molecule has 0 aromatic carbocycles. The van der Waals surface area contributed by atoms with Gasteiger partial charge in [-0.05, 0) is 31.6 Å². The van der Waals surface area contributed by atoms with Crippen LogP contribution in [0, 0.1) is 11.8 Å². The Balaban J connectivity index is 0.000000280. The molecule has 0 aromatic rings. The summed E-state index contributed by atoms with van der Waals surface area (Å²) in [7, 11) is 0. The predicted molar refractivity (Wildman–Crippen MR) is 81.7 cm³/mol. The maximum atomic E-state index is 5.29. The third-order valence-electron chi connectivity index (χ3n) is 4.76. The molecule has 0 bridgehead atoms. The molecule has 2 fully saturated rings. The van der Waals surface area contributed by atoms with Crippen LogP contribution in [0.5, 0.6) is 0 Å². The lowest BCUT2D eigenvalue weighted by atomic mass is 9.78. The van der Waals surface area contributed by atoms with E-state index in [0.717, 1.165) is 18.3 Å². The molecule has 1 heteroatoms. The second-order valence-electron chi connectivity index (χ2n) is 6.63. The summed E-state index contributed by atoms with van der Waals surface area (Å²) in [6, 6.07) is 0.384.